The van der Waals surface area contributed by atoms with Crippen LogP contribution in [0.5, 0.6) is 0 Å². The fourth-order valence-electron chi connectivity index (χ4n) is 3.18. The highest BCUT2D eigenvalue weighted by Gasteiger charge is 2.38. The molecule has 144 valence electrons. The lowest BCUT2D eigenvalue weighted by Crippen LogP contribution is -2.24. The number of benzene rings is 2. The zero-order valence-corrected chi connectivity index (χ0v) is 18.0. The van der Waals surface area contributed by atoms with Gasteiger partial charge in [-0.25, -0.2) is 4.79 Å². The largest absolute Gasteiger partial charge is 0.462 e. The molecule has 0 saturated carbocycles. The molecule has 0 fully saturated rings. The van der Waals surface area contributed by atoms with Gasteiger partial charge in [0.05, 0.1) is 17.8 Å². The van der Waals surface area contributed by atoms with E-state index >= 15 is 0 Å². The number of anilines is 1. The van der Waals surface area contributed by atoms with Crippen LogP contribution >= 0.6 is 15.9 Å². The Bertz CT molecular complexity index is 1000. The molecule has 1 heterocycles. The Hall–Kier alpha value is -2.66. The van der Waals surface area contributed by atoms with Crippen LogP contribution < -0.4 is 4.90 Å². The Morgan fingerprint density at radius 2 is 1.75 bits per heavy atom. The normalized spacial score (nSPS) is 15.5. The zero-order chi connectivity index (χ0) is 20.4. The molecule has 5 heteroatoms. The van der Waals surface area contributed by atoms with Crippen molar-refractivity contribution < 1.29 is 14.3 Å². The Labute approximate surface area is 173 Å². The van der Waals surface area contributed by atoms with Crippen molar-refractivity contribution in [2.75, 3.05) is 11.5 Å². The van der Waals surface area contributed by atoms with Gasteiger partial charge in [0.15, 0.2) is 0 Å². The summed E-state index contributed by atoms with van der Waals surface area (Å²) in [6, 6.07) is 13.4. The van der Waals surface area contributed by atoms with Crippen molar-refractivity contribution in [3.05, 3.63) is 80.5 Å². The predicted octanol–water partition coefficient (Wildman–Crippen LogP) is 5.33. The summed E-state index contributed by atoms with van der Waals surface area (Å²) < 4.78 is 6.18. The third kappa shape index (κ3) is 3.80. The van der Waals surface area contributed by atoms with Crippen LogP contribution in [0.4, 0.5) is 5.69 Å². The van der Waals surface area contributed by atoms with Crippen molar-refractivity contribution in [2.45, 2.75) is 27.7 Å². The summed E-state index contributed by atoms with van der Waals surface area (Å²) in [7, 11) is 0. The number of aryl methyl sites for hydroxylation is 2. The molecular formula is C23H22BrNO3. The van der Waals surface area contributed by atoms with Gasteiger partial charge in [0.2, 0.25) is 0 Å². The van der Waals surface area contributed by atoms with Gasteiger partial charge in [-0.2, -0.15) is 0 Å². The van der Waals surface area contributed by atoms with Crippen LogP contribution in [-0.4, -0.2) is 18.5 Å². The van der Waals surface area contributed by atoms with E-state index in [9.17, 15) is 9.59 Å². The van der Waals surface area contributed by atoms with Gasteiger partial charge in [-0.3, -0.25) is 9.69 Å². The van der Waals surface area contributed by atoms with E-state index in [1.165, 1.54) is 0 Å². The second-order valence-electron chi connectivity index (χ2n) is 6.70. The van der Waals surface area contributed by atoms with Crippen LogP contribution in [0.1, 0.15) is 30.5 Å². The zero-order valence-electron chi connectivity index (χ0n) is 16.4. The number of carbonyl (C=O) groups is 2. The summed E-state index contributed by atoms with van der Waals surface area (Å²) in [4.78, 5) is 27.5. The third-order valence-electron chi connectivity index (χ3n) is 4.81. The summed E-state index contributed by atoms with van der Waals surface area (Å²) in [5.74, 6) is -0.713. The molecule has 1 aliphatic rings. The molecule has 0 spiro atoms. The van der Waals surface area contributed by atoms with Gasteiger partial charge in [0.1, 0.15) is 0 Å². The highest BCUT2D eigenvalue weighted by Crippen LogP contribution is 2.36. The topological polar surface area (TPSA) is 46.6 Å². The molecule has 28 heavy (non-hydrogen) atoms. The van der Waals surface area contributed by atoms with Crippen LogP contribution in [0.15, 0.2) is 63.8 Å². The number of rotatable bonds is 4. The van der Waals surface area contributed by atoms with Gasteiger partial charge in [-0.05, 0) is 74.7 Å². The number of ether oxygens (including phenoxy) is 1. The fourth-order valence-corrected chi connectivity index (χ4v) is 3.45. The van der Waals surface area contributed by atoms with Crippen LogP contribution in [0, 0.1) is 13.8 Å². The van der Waals surface area contributed by atoms with Crippen molar-refractivity contribution in [1.29, 1.82) is 0 Å². The smallest absolute Gasteiger partial charge is 0.340 e. The molecule has 2 aromatic carbocycles. The molecule has 0 unspecified atom stereocenters. The molecule has 1 aliphatic heterocycles. The minimum Gasteiger partial charge on any atom is -0.462 e. The second-order valence-corrected chi connectivity index (χ2v) is 7.62. The van der Waals surface area contributed by atoms with Crippen molar-refractivity contribution in [1.82, 2.24) is 0 Å². The fraction of sp³-hybridized carbons (Fsp3) is 0.217. The average molecular weight is 440 g/mol. The van der Waals surface area contributed by atoms with Crippen molar-refractivity contribution in [3.8, 4) is 0 Å². The lowest BCUT2D eigenvalue weighted by atomic mass is 10.0. The molecular weight excluding hydrogens is 418 g/mol. The van der Waals surface area contributed by atoms with Gasteiger partial charge in [0, 0.05) is 15.9 Å². The molecule has 0 aromatic heterocycles. The summed E-state index contributed by atoms with van der Waals surface area (Å²) in [5, 5.41) is 0. The number of halogens is 1. The molecule has 0 atom stereocenters. The molecule has 4 nitrogen and oxygen atoms in total. The van der Waals surface area contributed by atoms with E-state index < -0.39 is 5.97 Å². The van der Waals surface area contributed by atoms with Crippen LogP contribution in [-0.2, 0) is 14.3 Å². The summed E-state index contributed by atoms with van der Waals surface area (Å²) in [6.45, 7) is 7.81. The maximum Gasteiger partial charge on any atom is 0.340 e. The molecule has 2 aromatic rings. The highest BCUT2D eigenvalue weighted by atomic mass is 79.9. The molecule has 0 radical (unpaired) electrons. The Kier molecular flexibility index (Phi) is 5.84. The number of allylic oxidation sites excluding steroid dienone is 1. The number of amides is 1. The molecule has 3 rings (SSSR count). The molecule has 1 amide bonds. The summed E-state index contributed by atoms with van der Waals surface area (Å²) >= 11 is 3.41. The van der Waals surface area contributed by atoms with Gasteiger partial charge in [0.25, 0.3) is 5.91 Å². The third-order valence-corrected chi connectivity index (χ3v) is 5.34. The standard InChI is InChI=1S/C23H22BrNO3/c1-5-28-23(27)21-16(4)25(19-11-6-14(2)15(3)12-19)22(26)20(21)13-17-7-9-18(24)10-8-17/h6-13H,5H2,1-4H3/b20-13-. The van der Waals surface area contributed by atoms with E-state index in [4.69, 9.17) is 4.74 Å². The Morgan fingerprint density at radius 1 is 1.07 bits per heavy atom. The Balaban J connectivity index is 2.13. The molecule has 0 saturated heterocycles. The Morgan fingerprint density at radius 3 is 2.36 bits per heavy atom. The first kappa shape index (κ1) is 20.1. The molecule has 0 bridgehead atoms. The van der Waals surface area contributed by atoms with E-state index in [1.54, 1.807) is 24.8 Å². The molecule has 0 N–H and O–H groups in total. The predicted molar refractivity (Wildman–Crippen MR) is 115 cm³/mol. The SMILES string of the molecule is CCOC(=O)C1=C(C)N(c2ccc(C)c(C)c2)C(=O)/C1=C\c1ccc(Br)cc1. The van der Waals surface area contributed by atoms with Gasteiger partial charge in [-0.15, -0.1) is 0 Å². The number of hydrogen-bond acceptors (Lipinski definition) is 3. The van der Waals surface area contributed by atoms with Crippen LogP contribution in [0.25, 0.3) is 6.08 Å². The van der Waals surface area contributed by atoms with E-state index in [0.29, 0.717) is 16.8 Å². The van der Waals surface area contributed by atoms with Gasteiger partial charge >= 0.3 is 5.97 Å². The maximum atomic E-state index is 13.3. The van der Waals surface area contributed by atoms with Crippen LogP contribution in [0.2, 0.25) is 0 Å². The minimum atomic E-state index is -0.483. The number of hydrogen-bond donors (Lipinski definition) is 0. The van der Waals surface area contributed by atoms with Gasteiger partial charge < -0.3 is 4.74 Å². The molecule has 0 aliphatic carbocycles. The first-order chi connectivity index (χ1) is 13.3. The number of carbonyl (C=O) groups excluding carboxylic acids is 2. The van der Waals surface area contributed by atoms with Crippen molar-refractivity contribution in [2.24, 2.45) is 0 Å². The first-order valence-electron chi connectivity index (χ1n) is 9.10. The van der Waals surface area contributed by atoms with Crippen molar-refractivity contribution >= 4 is 39.6 Å². The first-order valence-corrected chi connectivity index (χ1v) is 9.90. The number of esters is 1. The summed E-state index contributed by atoms with van der Waals surface area (Å²) in [5.41, 5.74) is 5.05. The lowest BCUT2D eigenvalue weighted by molar-refractivity contribution is -0.138. The monoisotopic (exact) mass is 439 g/mol. The lowest BCUT2D eigenvalue weighted by Gasteiger charge is -2.19. The van der Waals surface area contributed by atoms with Crippen molar-refractivity contribution in [3.63, 3.8) is 0 Å². The number of nitrogens with zero attached hydrogens (tertiary/aromatic N) is 1. The minimum absolute atomic E-state index is 0.230. The quantitative estimate of drug-likeness (QED) is 0.477. The van der Waals surface area contributed by atoms with Crippen LogP contribution in [0.3, 0.4) is 0 Å². The maximum absolute atomic E-state index is 13.3. The van der Waals surface area contributed by atoms with E-state index in [2.05, 4.69) is 15.9 Å². The average Bonchev–Trinajstić information content (AvgIpc) is 2.90. The van der Waals surface area contributed by atoms with Gasteiger partial charge in [-0.1, -0.05) is 34.1 Å². The van der Waals surface area contributed by atoms with E-state index in [0.717, 1.165) is 26.9 Å². The van der Waals surface area contributed by atoms with E-state index in [1.807, 2.05) is 56.3 Å². The second kappa shape index (κ2) is 8.15. The van der Waals surface area contributed by atoms with E-state index in [-0.39, 0.29) is 12.5 Å². The highest BCUT2D eigenvalue weighted by molar-refractivity contribution is 9.10. The summed E-state index contributed by atoms with van der Waals surface area (Å²) in [6.07, 6.45) is 1.74.